The van der Waals surface area contributed by atoms with E-state index in [0.717, 1.165) is 22.4 Å². The Balaban J connectivity index is 1.86. The zero-order valence-electron chi connectivity index (χ0n) is 15.7. The highest BCUT2D eigenvalue weighted by atomic mass is 19.1. The van der Waals surface area contributed by atoms with Crippen LogP contribution in [0, 0.1) is 33.5 Å². The van der Waals surface area contributed by atoms with Crippen molar-refractivity contribution >= 4 is 23.1 Å². The van der Waals surface area contributed by atoms with Gasteiger partial charge in [0.15, 0.2) is 0 Å². The molecule has 0 saturated heterocycles. The third-order valence-electron chi connectivity index (χ3n) is 4.08. The number of rotatable bonds is 4. The zero-order valence-corrected chi connectivity index (χ0v) is 15.7. The maximum absolute atomic E-state index is 13.4. The average Bonchev–Trinajstić information content (AvgIpc) is 2.57. The fourth-order valence-electron chi connectivity index (χ4n) is 3.02. The summed E-state index contributed by atoms with van der Waals surface area (Å²) < 4.78 is 13.4. The van der Waals surface area contributed by atoms with Crippen LogP contribution in [0.3, 0.4) is 0 Å². The van der Waals surface area contributed by atoms with Gasteiger partial charge in [0.1, 0.15) is 23.2 Å². The number of aryl methyl sites for hydroxylation is 4. The predicted octanol–water partition coefficient (Wildman–Crippen LogP) is 4.85. The summed E-state index contributed by atoms with van der Waals surface area (Å²) in [4.78, 5) is 21.2. The van der Waals surface area contributed by atoms with Crippen molar-refractivity contribution in [1.29, 1.82) is 0 Å². The van der Waals surface area contributed by atoms with Gasteiger partial charge < -0.3 is 10.6 Å². The Bertz CT molecular complexity index is 994. The van der Waals surface area contributed by atoms with Gasteiger partial charge in [-0.05, 0) is 57.0 Å². The minimum atomic E-state index is -0.353. The van der Waals surface area contributed by atoms with Crippen LogP contribution in [0.15, 0.2) is 42.5 Å². The third-order valence-corrected chi connectivity index (χ3v) is 4.08. The molecule has 0 unspecified atom stereocenters. The Labute approximate surface area is 157 Å². The van der Waals surface area contributed by atoms with Crippen molar-refractivity contribution < 1.29 is 9.18 Å². The van der Waals surface area contributed by atoms with E-state index in [0.29, 0.717) is 17.3 Å². The zero-order chi connectivity index (χ0) is 19.6. The first-order chi connectivity index (χ1) is 12.8. The molecule has 5 nitrogen and oxygen atoms in total. The molecule has 27 heavy (non-hydrogen) atoms. The number of hydrogen-bond donors (Lipinski definition) is 2. The lowest BCUT2D eigenvalue weighted by Crippen LogP contribution is -2.17. The Morgan fingerprint density at radius 1 is 0.963 bits per heavy atom. The first-order valence-electron chi connectivity index (χ1n) is 8.59. The topological polar surface area (TPSA) is 66.9 Å². The highest BCUT2D eigenvalue weighted by Gasteiger charge is 2.14. The number of hydrogen-bond acceptors (Lipinski definition) is 4. The van der Waals surface area contributed by atoms with E-state index in [2.05, 4.69) is 20.6 Å². The van der Waals surface area contributed by atoms with Gasteiger partial charge in [-0.2, -0.15) is 0 Å². The number of amides is 1. The number of halogens is 1. The summed E-state index contributed by atoms with van der Waals surface area (Å²) in [5.41, 5.74) is 4.68. The number of aromatic nitrogens is 2. The summed E-state index contributed by atoms with van der Waals surface area (Å²) in [6.45, 7) is 7.63. The standard InChI is InChI=1S/C21H21FN4O/c1-12-8-13(2)20(14(3)9-12)26-21(27)18-11-19(24-15(4)23-18)25-17-7-5-6-16(22)10-17/h5-11H,1-4H3,(H,26,27)(H,23,24,25). The molecule has 6 heteroatoms. The highest BCUT2D eigenvalue weighted by molar-refractivity contribution is 6.04. The third kappa shape index (κ3) is 4.47. The molecular weight excluding hydrogens is 343 g/mol. The van der Waals surface area contributed by atoms with Gasteiger partial charge >= 0.3 is 0 Å². The van der Waals surface area contributed by atoms with E-state index in [4.69, 9.17) is 0 Å². The minimum absolute atomic E-state index is 0.237. The lowest BCUT2D eigenvalue weighted by molar-refractivity contribution is 0.102. The maximum atomic E-state index is 13.4. The summed E-state index contributed by atoms with van der Waals surface area (Å²) in [6, 6.07) is 11.6. The van der Waals surface area contributed by atoms with Crippen LogP contribution in [0.25, 0.3) is 0 Å². The van der Waals surface area contributed by atoms with Gasteiger partial charge in [-0.1, -0.05) is 23.8 Å². The van der Waals surface area contributed by atoms with Crippen LogP contribution in [0.2, 0.25) is 0 Å². The van der Waals surface area contributed by atoms with E-state index in [1.165, 1.54) is 12.1 Å². The van der Waals surface area contributed by atoms with Crippen LogP contribution < -0.4 is 10.6 Å². The van der Waals surface area contributed by atoms with Gasteiger partial charge in [-0.15, -0.1) is 0 Å². The van der Waals surface area contributed by atoms with E-state index >= 15 is 0 Å². The van der Waals surface area contributed by atoms with Crippen LogP contribution in [-0.2, 0) is 0 Å². The van der Waals surface area contributed by atoms with Crippen LogP contribution in [0.5, 0.6) is 0 Å². The van der Waals surface area contributed by atoms with Crippen LogP contribution in [0.1, 0.15) is 33.0 Å². The van der Waals surface area contributed by atoms with Crippen molar-refractivity contribution in [3.63, 3.8) is 0 Å². The molecule has 3 aromatic rings. The van der Waals surface area contributed by atoms with Crippen LogP contribution >= 0.6 is 0 Å². The Kier molecular flexibility index (Phi) is 5.16. The minimum Gasteiger partial charge on any atom is -0.340 e. The monoisotopic (exact) mass is 364 g/mol. The van der Waals surface area contributed by atoms with E-state index < -0.39 is 0 Å². The molecule has 2 N–H and O–H groups in total. The van der Waals surface area contributed by atoms with Crippen molar-refractivity contribution in [2.75, 3.05) is 10.6 Å². The number of benzene rings is 2. The molecule has 0 aliphatic rings. The van der Waals surface area contributed by atoms with Gasteiger partial charge in [0, 0.05) is 17.4 Å². The van der Waals surface area contributed by atoms with E-state index in [1.807, 2.05) is 32.9 Å². The smallest absolute Gasteiger partial charge is 0.274 e. The lowest BCUT2D eigenvalue weighted by Gasteiger charge is -2.13. The first kappa shape index (κ1) is 18.5. The molecule has 138 valence electrons. The van der Waals surface area contributed by atoms with Gasteiger partial charge in [0.25, 0.3) is 5.91 Å². The van der Waals surface area contributed by atoms with Crippen molar-refractivity contribution in [2.45, 2.75) is 27.7 Å². The normalized spacial score (nSPS) is 10.6. The molecule has 1 aromatic heterocycles. The molecule has 3 rings (SSSR count). The molecule has 1 amide bonds. The molecule has 0 atom stereocenters. The van der Waals surface area contributed by atoms with Crippen molar-refractivity contribution in [3.8, 4) is 0 Å². The van der Waals surface area contributed by atoms with Crippen LogP contribution in [-0.4, -0.2) is 15.9 Å². The lowest BCUT2D eigenvalue weighted by atomic mass is 10.0. The second-order valence-corrected chi connectivity index (χ2v) is 6.55. The molecule has 0 spiro atoms. The quantitative estimate of drug-likeness (QED) is 0.695. The molecule has 0 saturated carbocycles. The van der Waals surface area contributed by atoms with Gasteiger partial charge in [0.05, 0.1) is 0 Å². The Morgan fingerprint density at radius 2 is 1.67 bits per heavy atom. The molecule has 1 heterocycles. The fourth-order valence-corrected chi connectivity index (χ4v) is 3.02. The predicted molar refractivity (Wildman–Crippen MR) is 105 cm³/mol. The highest BCUT2D eigenvalue weighted by Crippen LogP contribution is 2.23. The molecule has 0 radical (unpaired) electrons. The van der Waals surface area contributed by atoms with E-state index in [9.17, 15) is 9.18 Å². The number of carbonyl (C=O) groups excluding carboxylic acids is 1. The number of anilines is 3. The van der Waals surface area contributed by atoms with E-state index in [-0.39, 0.29) is 17.4 Å². The molecule has 2 aromatic carbocycles. The maximum Gasteiger partial charge on any atom is 0.274 e. The number of carbonyl (C=O) groups is 1. The summed E-state index contributed by atoms with van der Waals surface area (Å²) in [6.07, 6.45) is 0. The summed E-state index contributed by atoms with van der Waals surface area (Å²) in [5.74, 6) is 0.196. The van der Waals surface area contributed by atoms with Crippen molar-refractivity contribution in [3.05, 3.63) is 76.5 Å². The van der Waals surface area contributed by atoms with E-state index in [1.54, 1.807) is 25.1 Å². The summed E-state index contributed by atoms with van der Waals surface area (Å²) >= 11 is 0. The SMILES string of the molecule is Cc1cc(C)c(NC(=O)c2cc(Nc3cccc(F)c3)nc(C)n2)c(C)c1. The van der Waals surface area contributed by atoms with Crippen molar-refractivity contribution in [1.82, 2.24) is 9.97 Å². The molecule has 0 fully saturated rings. The number of nitrogens with zero attached hydrogens (tertiary/aromatic N) is 2. The first-order valence-corrected chi connectivity index (χ1v) is 8.59. The molecular formula is C21H21FN4O. The Morgan fingerprint density at radius 3 is 2.33 bits per heavy atom. The second kappa shape index (κ2) is 7.53. The van der Waals surface area contributed by atoms with Gasteiger partial charge in [-0.25, -0.2) is 14.4 Å². The summed E-state index contributed by atoms with van der Waals surface area (Å²) in [7, 11) is 0. The van der Waals surface area contributed by atoms with Gasteiger partial charge in [-0.3, -0.25) is 4.79 Å². The van der Waals surface area contributed by atoms with Crippen LogP contribution in [0.4, 0.5) is 21.6 Å². The molecule has 0 aliphatic carbocycles. The second-order valence-electron chi connectivity index (χ2n) is 6.55. The molecule has 0 bridgehead atoms. The van der Waals surface area contributed by atoms with Gasteiger partial charge in [0.2, 0.25) is 0 Å². The largest absolute Gasteiger partial charge is 0.340 e. The average molecular weight is 364 g/mol. The van der Waals surface area contributed by atoms with Crippen molar-refractivity contribution in [2.24, 2.45) is 0 Å². The number of nitrogens with one attached hydrogen (secondary N) is 2. The summed E-state index contributed by atoms with van der Waals surface area (Å²) in [5, 5.41) is 5.94. The molecule has 0 aliphatic heterocycles. The Hall–Kier alpha value is -3.28. The fraction of sp³-hybridized carbons (Fsp3) is 0.190.